The second-order valence-corrected chi connectivity index (χ2v) is 7.65. The third-order valence-electron chi connectivity index (χ3n) is 5.07. The number of benzene rings is 1. The number of hydrazine groups is 1. The summed E-state index contributed by atoms with van der Waals surface area (Å²) in [5.74, 6) is -4.20. The molecule has 2 aromatic rings. The van der Waals surface area contributed by atoms with E-state index in [1.165, 1.54) is 0 Å². The fraction of sp³-hybridized carbons (Fsp3) is 0.350. The lowest BCUT2D eigenvalue weighted by Crippen LogP contribution is -2.47. The van der Waals surface area contributed by atoms with Gasteiger partial charge in [-0.2, -0.15) is 13.2 Å². The normalized spacial score (nSPS) is 15.4. The Kier molecular flexibility index (Phi) is 7.29. The Morgan fingerprint density at radius 1 is 1.12 bits per heavy atom. The summed E-state index contributed by atoms with van der Waals surface area (Å²) in [7, 11) is 0. The molecule has 1 fully saturated rings. The van der Waals surface area contributed by atoms with E-state index in [1.807, 2.05) is 10.3 Å². The largest absolute Gasteiger partial charge is 0.417 e. The standard InChI is InChI=1S/C20H18ClF5N4O2/c21-13-8-12(20(24,25)26)9-27-16(13)10-30-6-4-11(5-7-30)18(31)28-29-19(32)17-14(22)2-1-3-15(17)23/h1-3,8-9,11H,4-7,10H2,(H,28,31)(H,29,32). The van der Waals surface area contributed by atoms with Crippen LogP contribution in [0.3, 0.4) is 0 Å². The van der Waals surface area contributed by atoms with E-state index in [1.54, 1.807) is 0 Å². The van der Waals surface area contributed by atoms with Crippen molar-refractivity contribution in [2.45, 2.75) is 25.6 Å². The first-order valence-electron chi connectivity index (χ1n) is 9.54. The number of alkyl halides is 3. The molecule has 1 saturated heterocycles. The zero-order valence-corrected chi connectivity index (χ0v) is 17.2. The summed E-state index contributed by atoms with van der Waals surface area (Å²) >= 11 is 5.93. The number of hydrogen-bond acceptors (Lipinski definition) is 4. The van der Waals surface area contributed by atoms with Crippen molar-refractivity contribution in [2.24, 2.45) is 5.92 Å². The van der Waals surface area contributed by atoms with Crippen LogP contribution in [-0.2, 0) is 17.5 Å². The van der Waals surface area contributed by atoms with Crippen molar-refractivity contribution in [1.29, 1.82) is 0 Å². The molecule has 32 heavy (non-hydrogen) atoms. The van der Waals surface area contributed by atoms with E-state index in [0.717, 1.165) is 30.5 Å². The third-order valence-corrected chi connectivity index (χ3v) is 5.39. The lowest BCUT2D eigenvalue weighted by atomic mass is 9.96. The van der Waals surface area contributed by atoms with Crippen LogP contribution in [0.2, 0.25) is 5.02 Å². The molecule has 0 spiro atoms. The van der Waals surface area contributed by atoms with Crippen LogP contribution in [0.25, 0.3) is 0 Å². The molecule has 0 atom stereocenters. The highest BCUT2D eigenvalue weighted by atomic mass is 35.5. The van der Waals surface area contributed by atoms with E-state index >= 15 is 0 Å². The van der Waals surface area contributed by atoms with Crippen molar-refractivity contribution in [3.05, 3.63) is 63.9 Å². The number of carbonyl (C=O) groups is 2. The monoisotopic (exact) mass is 476 g/mol. The van der Waals surface area contributed by atoms with Gasteiger partial charge < -0.3 is 0 Å². The van der Waals surface area contributed by atoms with E-state index in [0.29, 0.717) is 31.6 Å². The summed E-state index contributed by atoms with van der Waals surface area (Å²) in [6, 6.07) is 3.78. The van der Waals surface area contributed by atoms with Crippen LogP contribution in [0.1, 0.15) is 34.5 Å². The van der Waals surface area contributed by atoms with Gasteiger partial charge in [0.15, 0.2) is 0 Å². The van der Waals surface area contributed by atoms with Crippen LogP contribution >= 0.6 is 11.6 Å². The lowest BCUT2D eigenvalue weighted by molar-refractivity contribution is -0.137. The molecule has 3 rings (SSSR count). The summed E-state index contributed by atoms with van der Waals surface area (Å²) in [4.78, 5) is 29.9. The summed E-state index contributed by atoms with van der Waals surface area (Å²) < 4.78 is 65.4. The predicted molar refractivity (Wildman–Crippen MR) is 104 cm³/mol. The highest BCUT2D eigenvalue weighted by Gasteiger charge is 2.32. The molecule has 1 aliphatic rings. The van der Waals surface area contributed by atoms with E-state index in [4.69, 9.17) is 11.6 Å². The highest BCUT2D eigenvalue weighted by molar-refractivity contribution is 6.31. The van der Waals surface area contributed by atoms with Gasteiger partial charge in [-0.05, 0) is 44.1 Å². The van der Waals surface area contributed by atoms with Crippen LogP contribution in [-0.4, -0.2) is 34.8 Å². The van der Waals surface area contributed by atoms with Gasteiger partial charge in [-0.25, -0.2) is 8.78 Å². The molecule has 12 heteroatoms. The minimum atomic E-state index is -4.53. The molecule has 6 nitrogen and oxygen atoms in total. The number of nitrogens with zero attached hydrogens (tertiary/aromatic N) is 2. The van der Waals surface area contributed by atoms with E-state index < -0.39 is 46.7 Å². The van der Waals surface area contributed by atoms with Crippen molar-refractivity contribution >= 4 is 23.4 Å². The molecule has 0 aliphatic carbocycles. The number of likely N-dealkylation sites (tertiary alicyclic amines) is 1. The van der Waals surface area contributed by atoms with Gasteiger partial charge in [0.1, 0.15) is 17.2 Å². The summed E-state index contributed by atoms with van der Waals surface area (Å²) in [5, 5.41) is -0.0946. The first-order valence-corrected chi connectivity index (χ1v) is 9.92. The van der Waals surface area contributed by atoms with Crippen LogP contribution in [0.15, 0.2) is 30.5 Å². The predicted octanol–water partition coefficient (Wildman–Crippen LogP) is 3.71. The molecule has 0 radical (unpaired) electrons. The Labute approximate surface area is 184 Å². The topological polar surface area (TPSA) is 74.3 Å². The van der Waals surface area contributed by atoms with Gasteiger partial charge in [0.25, 0.3) is 5.91 Å². The Balaban J connectivity index is 1.49. The number of piperidine rings is 1. The van der Waals surface area contributed by atoms with Crippen LogP contribution < -0.4 is 10.9 Å². The molecule has 1 aromatic carbocycles. The van der Waals surface area contributed by atoms with Crippen LogP contribution in [0.4, 0.5) is 22.0 Å². The average Bonchev–Trinajstić information content (AvgIpc) is 2.73. The minimum absolute atomic E-state index is 0.0946. The molecule has 2 N–H and O–H groups in total. The van der Waals surface area contributed by atoms with E-state index in [2.05, 4.69) is 10.4 Å². The number of nitrogens with one attached hydrogen (secondary N) is 2. The number of aromatic nitrogens is 1. The average molecular weight is 477 g/mol. The van der Waals surface area contributed by atoms with Crippen molar-refractivity contribution in [2.75, 3.05) is 13.1 Å². The van der Waals surface area contributed by atoms with Gasteiger partial charge in [0.2, 0.25) is 5.91 Å². The van der Waals surface area contributed by atoms with Crippen molar-refractivity contribution in [1.82, 2.24) is 20.7 Å². The van der Waals surface area contributed by atoms with Gasteiger partial charge in [-0.15, -0.1) is 0 Å². The fourth-order valence-corrected chi connectivity index (χ4v) is 3.53. The Morgan fingerprint density at radius 3 is 2.31 bits per heavy atom. The molecule has 2 amide bonds. The zero-order valence-electron chi connectivity index (χ0n) is 16.5. The molecule has 1 aliphatic heterocycles. The molecule has 2 heterocycles. The van der Waals surface area contributed by atoms with Crippen molar-refractivity contribution in [3.8, 4) is 0 Å². The minimum Gasteiger partial charge on any atom is -0.297 e. The summed E-state index contributed by atoms with van der Waals surface area (Å²) in [6.07, 6.45) is -3.02. The number of hydrogen-bond donors (Lipinski definition) is 2. The van der Waals surface area contributed by atoms with Gasteiger partial charge >= 0.3 is 6.18 Å². The highest BCUT2D eigenvalue weighted by Crippen LogP contribution is 2.31. The first-order chi connectivity index (χ1) is 15.1. The quantitative estimate of drug-likeness (QED) is 0.521. The third kappa shape index (κ3) is 5.71. The molecule has 1 aromatic heterocycles. The molecule has 172 valence electrons. The molecule has 0 bridgehead atoms. The second kappa shape index (κ2) is 9.78. The van der Waals surface area contributed by atoms with Gasteiger partial charge in [0.05, 0.1) is 16.3 Å². The number of rotatable bonds is 4. The van der Waals surface area contributed by atoms with Gasteiger partial charge in [-0.1, -0.05) is 17.7 Å². The molecular formula is C20H18ClF5N4O2. The first kappa shape index (κ1) is 23.9. The zero-order chi connectivity index (χ0) is 23.5. The van der Waals surface area contributed by atoms with Crippen LogP contribution in [0.5, 0.6) is 0 Å². The van der Waals surface area contributed by atoms with E-state index in [9.17, 15) is 31.5 Å². The number of halogens is 6. The molecule has 0 unspecified atom stereocenters. The number of amides is 2. The lowest BCUT2D eigenvalue weighted by Gasteiger charge is -2.31. The number of pyridine rings is 1. The smallest absolute Gasteiger partial charge is 0.297 e. The Hall–Kier alpha value is -2.79. The van der Waals surface area contributed by atoms with Crippen molar-refractivity contribution < 1.29 is 31.5 Å². The van der Waals surface area contributed by atoms with Gasteiger partial charge in [0, 0.05) is 18.7 Å². The van der Waals surface area contributed by atoms with Gasteiger partial charge in [-0.3, -0.25) is 30.3 Å². The SMILES string of the molecule is O=C(NNC(=O)C1CCN(Cc2ncc(C(F)(F)F)cc2Cl)CC1)c1c(F)cccc1F. The summed E-state index contributed by atoms with van der Waals surface area (Å²) in [6.45, 7) is 1.09. The Morgan fingerprint density at radius 2 is 1.75 bits per heavy atom. The summed E-state index contributed by atoms with van der Waals surface area (Å²) in [5.41, 5.74) is 2.73. The maximum atomic E-state index is 13.6. The maximum Gasteiger partial charge on any atom is 0.417 e. The number of carbonyl (C=O) groups excluding carboxylic acids is 2. The van der Waals surface area contributed by atoms with Crippen LogP contribution in [0, 0.1) is 17.6 Å². The fourth-order valence-electron chi connectivity index (χ4n) is 3.30. The maximum absolute atomic E-state index is 13.6. The molecule has 0 saturated carbocycles. The Bertz CT molecular complexity index is 990. The second-order valence-electron chi connectivity index (χ2n) is 7.24. The molecular weight excluding hydrogens is 459 g/mol. The van der Waals surface area contributed by atoms with E-state index in [-0.39, 0.29) is 11.6 Å². The van der Waals surface area contributed by atoms with Crippen molar-refractivity contribution in [3.63, 3.8) is 0 Å².